The highest BCUT2D eigenvalue weighted by Crippen LogP contribution is 2.58. The molecule has 1 N–H and O–H groups in total. The van der Waals surface area contributed by atoms with Crippen molar-refractivity contribution < 1.29 is 14.6 Å². The molecule has 1 aromatic carbocycles. The van der Waals surface area contributed by atoms with Gasteiger partial charge >= 0.3 is 0 Å². The molecule has 3 nitrogen and oxygen atoms in total. The van der Waals surface area contributed by atoms with Gasteiger partial charge in [-0.15, -0.1) is 0 Å². The number of fused-ring (bicyclic) bond motifs is 3. The van der Waals surface area contributed by atoms with Gasteiger partial charge in [0.2, 0.25) is 0 Å². The number of ketones is 1. The van der Waals surface area contributed by atoms with Gasteiger partial charge in [0.05, 0.1) is 7.11 Å². The highest BCUT2D eigenvalue weighted by Gasteiger charge is 2.54. The lowest BCUT2D eigenvalue weighted by Crippen LogP contribution is -2.52. The maximum Gasteiger partial charge on any atom is 0.138 e. The van der Waals surface area contributed by atoms with Crippen molar-refractivity contribution in [3.63, 3.8) is 0 Å². The summed E-state index contributed by atoms with van der Waals surface area (Å²) in [4.78, 5) is 12.5. The monoisotopic (exact) mass is 330 g/mol. The van der Waals surface area contributed by atoms with Crippen LogP contribution in [0, 0.1) is 11.3 Å². The van der Waals surface area contributed by atoms with E-state index in [1.165, 1.54) is 11.1 Å². The number of methoxy groups -OCH3 is 1. The van der Waals surface area contributed by atoms with E-state index in [1.54, 1.807) is 7.11 Å². The lowest BCUT2D eigenvalue weighted by atomic mass is 9.50. The molecule has 0 amide bonds. The van der Waals surface area contributed by atoms with Crippen LogP contribution in [0.25, 0.3) is 0 Å². The van der Waals surface area contributed by atoms with Gasteiger partial charge in [-0.2, -0.15) is 0 Å². The molecule has 0 radical (unpaired) electrons. The number of carbonyl (C=O) groups excluding carboxylic acids is 1. The minimum Gasteiger partial charge on any atom is -0.508 e. The molecule has 24 heavy (non-hydrogen) atoms. The Bertz CT molecular complexity index is 687. The van der Waals surface area contributed by atoms with Gasteiger partial charge in [0.15, 0.2) is 0 Å². The number of phenols is 1. The lowest BCUT2D eigenvalue weighted by molar-refractivity contribution is -0.137. The lowest BCUT2D eigenvalue weighted by Gasteiger charge is -2.53. The fraction of sp³-hybridized carbons (Fsp3) is 0.667. The number of hydrogen-bond acceptors (Lipinski definition) is 3. The molecule has 3 rings (SSSR count). The highest BCUT2D eigenvalue weighted by molar-refractivity contribution is 5.86. The van der Waals surface area contributed by atoms with Crippen molar-refractivity contribution in [2.75, 3.05) is 7.11 Å². The summed E-state index contributed by atoms with van der Waals surface area (Å²) in [5.41, 5.74) is 2.96. The Morgan fingerprint density at radius 3 is 2.50 bits per heavy atom. The second kappa shape index (κ2) is 5.50. The molecule has 1 fully saturated rings. The van der Waals surface area contributed by atoms with E-state index in [0.717, 1.165) is 30.6 Å². The first-order valence-electron chi connectivity index (χ1n) is 9.11. The Morgan fingerprint density at radius 2 is 1.92 bits per heavy atom. The minimum atomic E-state index is -0.301. The Labute approximate surface area is 145 Å². The number of carbonyl (C=O) groups is 1. The molecule has 0 unspecified atom stereocenters. The SMILES string of the molecule is COc1c2c(cc(O)c1C(C)C)[C@@]1(C)CCC(=O)C(C)(C)[C@@H]1CC2. The average molecular weight is 330 g/mol. The van der Waals surface area contributed by atoms with Gasteiger partial charge < -0.3 is 9.84 Å². The summed E-state index contributed by atoms with van der Waals surface area (Å²) in [5, 5.41) is 10.7. The first-order chi connectivity index (χ1) is 11.1. The minimum absolute atomic E-state index is 0.0781. The molecule has 2 atom stereocenters. The van der Waals surface area contributed by atoms with E-state index in [-0.39, 0.29) is 16.7 Å². The molecule has 0 bridgehead atoms. The summed E-state index contributed by atoms with van der Waals surface area (Å²) < 4.78 is 5.76. The zero-order chi connectivity index (χ0) is 17.9. The highest BCUT2D eigenvalue weighted by atomic mass is 16.5. The number of aromatic hydroxyl groups is 1. The molecule has 0 heterocycles. The van der Waals surface area contributed by atoms with Crippen LogP contribution in [0.15, 0.2) is 6.07 Å². The topological polar surface area (TPSA) is 46.5 Å². The van der Waals surface area contributed by atoms with Crippen LogP contribution in [0.3, 0.4) is 0 Å². The molecular formula is C21H30O3. The van der Waals surface area contributed by atoms with Crippen molar-refractivity contribution in [1.29, 1.82) is 0 Å². The zero-order valence-electron chi connectivity index (χ0n) is 15.8. The van der Waals surface area contributed by atoms with Crippen LogP contribution in [-0.4, -0.2) is 18.0 Å². The zero-order valence-corrected chi connectivity index (χ0v) is 15.8. The summed E-state index contributed by atoms with van der Waals surface area (Å²) in [6, 6.07) is 1.96. The van der Waals surface area contributed by atoms with Crippen LogP contribution >= 0.6 is 0 Å². The summed E-state index contributed by atoms with van der Waals surface area (Å²) in [7, 11) is 1.70. The van der Waals surface area contributed by atoms with Gasteiger partial charge in [-0.05, 0) is 53.7 Å². The number of ether oxygens (including phenoxy) is 1. The van der Waals surface area contributed by atoms with E-state index < -0.39 is 0 Å². The van der Waals surface area contributed by atoms with Crippen LogP contribution in [0.4, 0.5) is 0 Å². The molecule has 2 aliphatic rings. The molecule has 0 aliphatic heterocycles. The van der Waals surface area contributed by atoms with E-state index in [1.807, 2.05) is 6.07 Å². The Morgan fingerprint density at radius 1 is 1.25 bits per heavy atom. The standard InChI is InChI=1S/C21H30O3/c1-12(2)18-15(22)11-14-13(19(18)24-6)7-8-16-20(3,4)17(23)9-10-21(14,16)5/h11-12,16,22H,7-10H2,1-6H3/t16-,21+/m0/s1. The van der Waals surface area contributed by atoms with Gasteiger partial charge in [-0.3, -0.25) is 4.79 Å². The summed E-state index contributed by atoms with van der Waals surface area (Å²) >= 11 is 0. The van der Waals surface area contributed by atoms with Crippen molar-refractivity contribution in [2.45, 2.75) is 71.6 Å². The number of benzene rings is 1. The molecule has 3 heteroatoms. The number of phenolic OH excluding ortho intramolecular Hbond substituents is 1. The molecule has 1 aromatic rings. The van der Waals surface area contributed by atoms with Gasteiger partial charge in [0, 0.05) is 17.4 Å². The summed E-state index contributed by atoms with van der Waals surface area (Å²) in [6.07, 6.45) is 3.39. The maximum atomic E-state index is 12.5. The fourth-order valence-corrected chi connectivity index (χ4v) is 5.40. The third kappa shape index (κ3) is 2.20. The van der Waals surface area contributed by atoms with Crippen molar-refractivity contribution in [2.24, 2.45) is 11.3 Å². The molecule has 0 saturated heterocycles. The second-order valence-electron chi connectivity index (χ2n) is 8.68. The second-order valence-corrected chi connectivity index (χ2v) is 8.68. The molecular weight excluding hydrogens is 300 g/mol. The third-order valence-electron chi connectivity index (χ3n) is 6.71. The number of hydrogen-bond donors (Lipinski definition) is 1. The van der Waals surface area contributed by atoms with Gasteiger partial charge in [-0.25, -0.2) is 0 Å². The molecule has 2 aliphatic carbocycles. The summed E-state index contributed by atoms with van der Waals surface area (Å²) in [6.45, 7) is 10.6. The van der Waals surface area contributed by atoms with Gasteiger partial charge in [-0.1, -0.05) is 34.6 Å². The normalized spacial score (nSPS) is 28.5. The first kappa shape index (κ1) is 17.3. The number of rotatable bonds is 2. The van der Waals surface area contributed by atoms with Crippen molar-refractivity contribution in [3.8, 4) is 11.5 Å². The largest absolute Gasteiger partial charge is 0.508 e. The molecule has 132 valence electrons. The first-order valence-corrected chi connectivity index (χ1v) is 9.11. The Hall–Kier alpha value is -1.51. The fourth-order valence-electron chi connectivity index (χ4n) is 5.40. The smallest absolute Gasteiger partial charge is 0.138 e. The molecule has 0 spiro atoms. The van der Waals surface area contributed by atoms with Crippen LogP contribution < -0.4 is 4.74 Å². The van der Waals surface area contributed by atoms with E-state index in [9.17, 15) is 9.90 Å². The number of Topliss-reactive ketones (excluding diaryl/α,β-unsaturated/α-hetero) is 1. The molecule has 1 saturated carbocycles. The quantitative estimate of drug-likeness (QED) is 0.852. The third-order valence-corrected chi connectivity index (χ3v) is 6.71. The van der Waals surface area contributed by atoms with Crippen molar-refractivity contribution in [3.05, 3.63) is 22.8 Å². The predicted molar refractivity (Wildman–Crippen MR) is 95.9 cm³/mol. The average Bonchev–Trinajstić information content (AvgIpc) is 2.50. The molecule has 0 aromatic heterocycles. The van der Waals surface area contributed by atoms with E-state index >= 15 is 0 Å². The van der Waals surface area contributed by atoms with Crippen LogP contribution in [-0.2, 0) is 16.6 Å². The van der Waals surface area contributed by atoms with Gasteiger partial charge in [0.1, 0.15) is 17.3 Å². The van der Waals surface area contributed by atoms with Crippen LogP contribution in [0.5, 0.6) is 11.5 Å². The van der Waals surface area contributed by atoms with E-state index in [0.29, 0.717) is 23.9 Å². The Balaban J connectivity index is 2.23. The Kier molecular flexibility index (Phi) is 3.97. The summed E-state index contributed by atoms with van der Waals surface area (Å²) in [5.74, 6) is 2.09. The van der Waals surface area contributed by atoms with Crippen LogP contribution in [0.2, 0.25) is 0 Å². The predicted octanol–water partition coefficient (Wildman–Crippen LogP) is 4.73. The maximum absolute atomic E-state index is 12.5. The van der Waals surface area contributed by atoms with Gasteiger partial charge in [0.25, 0.3) is 0 Å². The van der Waals surface area contributed by atoms with Crippen molar-refractivity contribution >= 4 is 5.78 Å². The van der Waals surface area contributed by atoms with Crippen LogP contribution in [0.1, 0.15) is 76.5 Å². The van der Waals surface area contributed by atoms with E-state index in [4.69, 9.17) is 4.74 Å². The van der Waals surface area contributed by atoms with E-state index in [2.05, 4.69) is 34.6 Å². The van der Waals surface area contributed by atoms with Crippen molar-refractivity contribution in [1.82, 2.24) is 0 Å².